The molecule has 1 aliphatic rings. The van der Waals surface area contributed by atoms with E-state index in [-0.39, 0.29) is 12.4 Å². The summed E-state index contributed by atoms with van der Waals surface area (Å²) in [6.07, 6.45) is 5.83. The highest BCUT2D eigenvalue weighted by Crippen LogP contribution is 2.32. The summed E-state index contributed by atoms with van der Waals surface area (Å²) >= 11 is 0. The first-order valence-corrected chi connectivity index (χ1v) is 9.99. The summed E-state index contributed by atoms with van der Waals surface area (Å²) in [5.41, 5.74) is 4.79. The Morgan fingerprint density at radius 2 is 2.00 bits per heavy atom. The largest absolute Gasteiger partial charge is 0.493 e. The number of fused-ring (bicyclic) bond motifs is 3. The van der Waals surface area contributed by atoms with Crippen LogP contribution >= 0.6 is 0 Å². The van der Waals surface area contributed by atoms with E-state index < -0.39 is 0 Å². The van der Waals surface area contributed by atoms with Crippen LogP contribution in [0.25, 0.3) is 27.7 Å². The van der Waals surface area contributed by atoms with Gasteiger partial charge in [-0.1, -0.05) is 24.3 Å². The topological polar surface area (TPSA) is 77.2 Å². The van der Waals surface area contributed by atoms with Crippen molar-refractivity contribution in [2.45, 2.75) is 13.0 Å². The molecule has 1 aliphatic heterocycles. The first-order valence-electron chi connectivity index (χ1n) is 9.99. The van der Waals surface area contributed by atoms with Gasteiger partial charge in [-0.05, 0) is 18.2 Å². The maximum Gasteiger partial charge on any atom is 0.210 e. The minimum absolute atomic E-state index is 0.254. The van der Waals surface area contributed by atoms with Gasteiger partial charge in [0, 0.05) is 53.0 Å². The lowest BCUT2D eigenvalue weighted by molar-refractivity contribution is 0.356. The lowest BCUT2D eigenvalue weighted by atomic mass is 10.0. The maximum atomic E-state index is 14.5. The third-order valence-corrected chi connectivity index (χ3v) is 5.62. The van der Waals surface area contributed by atoms with Crippen molar-refractivity contribution in [3.63, 3.8) is 0 Å². The predicted octanol–water partition coefficient (Wildman–Crippen LogP) is 4.03. The molecule has 0 saturated heterocycles. The smallest absolute Gasteiger partial charge is 0.210 e. The SMILES string of the molecule is Fc1ccc2c(c1CNc1ncc(-c3cccc4cccnc34)c3nncn13)CCO2. The molecule has 4 heterocycles. The Labute approximate surface area is 176 Å². The van der Waals surface area contributed by atoms with Gasteiger partial charge in [0.2, 0.25) is 5.95 Å². The van der Waals surface area contributed by atoms with Crippen molar-refractivity contribution in [1.82, 2.24) is 24.6 Å². The van der Waals surface area contributed by atoms with Gasteiger partial charge >= 0.3 is 0 Å². The molecule has 0 radical (unpaired) electrons. The zero-order valence-corrected chi connectivity index (χ0v) is 16.4. The fourth-order valence-electron chi connectivity index (χ4n) is 4.14. The monoisotopic (exact) mass is 412 g/mol. The van der Waals surface area contributed by atoms with Crippen molar-refractivity contribution >= 4 is 22.5 Å². The summed E-state index contributed by atoms with van der Waals surface area (Å²) in [5.74, 6) is 1.03. The zero-order chi connectivity index (χ0) is 20.8. The number of para-hydroxylation sites is 1. The fraction of sp³-hybridized carbons (Fsp3) is 0.130. The highest BCUT2D eigenvalue weighted by molar-refractivity contribution is 5.96. The molecule has 31 heavy (non-hydrogen) atoms. The molecule has 8 heteroatoms. The van der Waals surface area contributed by atoms with Crippen molar-refractivity contribution in [2.24, 2.45) is 0 Å². The van der Waals surface area contributed by atoms with Gasteiger partial charge < -0.3 is 10.1 Å². The number of nitrogens with zero attached hydrogens (tertiary/aromatic N) is 5. The number of anilines is 1. The molecular weight excluding hydrogens is 395 g/mol. The van der Waals surface area contributed by atoms with Crippen LogP contribution in [0.2, 0.25) is 0 Å². The van der Waals surface area contributed by atoms with Crippen molar-refractivity contribution < 1.29 is 9.13 Å². The highest BCUT2D eigenvalue weighted by atomic mass is 19.1. The molecule has 0 amide bonds. The van der Waals surface area contributed by atoms with Crippen LogP contribution in [0.4, 0.5) is 10.3 Å². The average Bonchev–Trinajstić information content (AvgIpc) is 3.48. The lowest BCUT2D eigenvalue weighted by Crippen LogP contribution is -2.09. The second kappa shape index (κ2) is 7.02. The molecular formula is C23H17FN6O. The molecule has 152 valence electrons. The van der Waals surface area contributed by atoms with Crippen LogP contribution in [-0.2, 0) is 13.0 Å². The maximum absolute atomic E-state index is 14.5. The molecule has 0 atom stereocenters. The second-order valence-electron chi connectivity index (χ2n) is 7.36. The predicted molar refractivity (Wildman–Crippen MR) is 114 cm³/mol. The Morgan fingerprint density at radius 1 is 1.06 bits per heavy atom. The van der Waals surface area contributed by atoms with E-state index >= 15 is 0 Å². The number of benzene rings is 2. The Balaban J connectivity index is 1.40. The first kappa shape index (κ1) is 17.8. The van der Waals surface area contributed by atoms with Crippen LogP contribution in [-0.4, -0.2) is 31.2 Å². The van der Waals surface area contributed by atoms with Crippen molar-refractivity contribution in [1.29, 1.82) is 0 Å². The molecule has 0 bridgehead atoms. The zero-order valence-electron chi connectivity index (χ0n) is 16.4. The number of aromatic nitrogens is 5. The molecule has 3 aromatic heterocycles. The Bertz CT molecular complexity index is 1440. The van der Waals surface area contributed by atoms with Gasteiger partial charge in [-0.25, -0.2) is 9.37 Å². The van der Waals surface area contributed by atoms with E-state index in [0.717, 1.165) is 33.3 Å². The van der Waals surface area contributed by atoms with Crippen LogP contribution in [0.15, 0.2) is 61.2 Å². The Hall–Kier alpha value is -4.07. The summed E-state index contributed by atoms with van der Waals surface area (Å²) in [6.45, 7) is 0.862. The first-order chi connectivity index (χ1) is 15.3. The van der Waals surface area contributed by atoms with Crippen LogP contribution in [0, 0.1) is 5.82 Å². The molecule has 6 rings (SSSR count). The number of rotatable bonds is 4. The van der Waals surface area contributed by atoms with Gasteiger partial charge in [-0.15, -0.1) is 10.2 Å². The normalized spacial score (nSPS) is 12.8. The third kappa shape index (κ3) is 2.87. The van der Waals surface area contributed by atoms with Crippen molar-refractivity contribution in [3.05, 3.63) is 78.1 Å². The molecule has 0 fully saturated rings. The van der Waals surface area contributed by atoms with Crippen LogP contribution < -0.4 is 10.1 Å². The van der Waals surface area contributed by atoms with Crippen molar-refractivity contribution in [3.8, 4) is 16.9 Å². The molecule has 0 unspecified atom stereocenters. The lowest BCUT2D eigenvalue weighted by Gasteiger charge is -2.13. The van der Waals surface area contributed by atoms with Crippen molar-refractivity contribution in [2.75, 3.05) is 11.9 Å². The van der Waals surface area contributed by atoms with E-state index in [0.29, 0.717) is 30.2 Å². The number of hydrogen-bond donors (Lipinski definition) is 1. The molecule has 0 saturated carbocycles. The number of pyridine rings is 1. The third-order valence-electron chi connectivity index (χ3n) is 5.62. The van der Waals surface area contributed by atoms with E-state index in [9.17, 15) is 4.39 Å². The van der Waals surface area contributed by atoms with E-state index in [4.69, 9.17) is 4.74 Å². The second-order valence-corrected chi connectivity index (χ2v) is 7.36. The Morgan fingerprint density at radius 3 is 2.97 bits per heavy atom. The summed E-state index contributed by atoms with van der Waals surface area (Å²) in [4.78, 5) is 9.13. The highest BCUT2D eigenvalue weighted by Gasteiger charge is 2.20. The molecule has 2 aromatic carbocycles. The number of halogens is 1. The van der Waals surface area contributed by atoms with Gasteiger partial charge in [-0.2, -0.15) is 0 Å². The van der Waals surface area contributed by atoms with Gasteiger partial charge in [0.05, 0.1) is 12.1 Å². The summed E-state index contributed by atoms with van der Waals surface area (Å²) in [6, 6.07) is 13.1. The van der Waals surface area contributed by atoms with Crippen LogP contribution in [0.5, 0.6) is 5.75 Å². The summed E-state index contributed by atoms with van der Waals surface area (Å²) in [7, 11) is 0. The minimum Gasteiger partial charge on any atom is -0.493 e. The molecule has 5 aromatic rings. The van der Waals surface area contributed by atoms with E-state index in [1.807, 2.05) is 30.3 Å². The fourth-order valence-corrected chi connectivity index (χ4v) is 4.14. The summed E-state index contributed by atoms with van der Waals surface area (Å²) < 4.78 is 21.8. The van der Waals surface area contributed by atoms with E-state index in [2.05, 4.69) is 25.5 Å². The number of hydrogen-bond acceptors (Lipinski definition) is 6. The van der Waals surface area contributed by atoms with Gasteiger partial charge in [0.25, 0.3) is 0 Å². The number of ether oxygens (including phenoxy) is 1. The molecule has 0 spiro atoms. The van der Waals surface area contributed by atoms with Crippen LogP contribution in [0.1, 0.15) is 11.1 Å². The summed E-state index contributed by atoms with van der Waals surface area (Å²) in [5, 5.41) is 12.7. The molecule has 0 aliphatic carbocycles. The van der Waals surface area contributed by atoms with Gasteiger partial charge in [0.1, 0.15) is 17.9 Å². The minimum atomic E-state index is -0.254. The van der Waals surface area contributed by atoms with Crippen LogP contribution in [0.3, 0.4) is 0 Å². The van der Waals surface area contributed by atoms with Gasteiger partial charge in [0.15, 0.2) is 5.65 Å². The quantitative estimate of drug-likeness (QED) is 0.480. The van der Waals surface area contributed by atoms with Gasteiger partial charge in [-0.3, -0.25) is 9.38 Å². The standard InChI is InChI=1S/C23H17FN6O/c24-19-6-7-20-15(8-10-31-20)17(19)11-26-23-27-12-18(22-29-28-13-30(22)23)16-5-1-3-14-4-2-9-25-21(14)16/h1-7,9,12-13H,8,10-11H2,(H,26,27). The average molecular weight is 412 g/mol. The Kier molecular flexibility index (Phi) is 4.02. The molecule has 1 N–H and O–H groups in total. The number of nitrogens with one attached hydrogen (secondary N) is 1. The molecule has 7 nitrogen and oxygen atoms in total. The van der Waals surface area contributed by atoms with E-state index in [1.165, 1.54) is 6.07 Å². The van der Waals surface area contributed by atoms with E-state index in [1.54, 1.807) is 29.2 Å².